The lowest BCUT2D eigenvalue weighted by Crippen LogP contribution is -2.51. The minimum atomic E-state index is -3.04. The van der Waals surface area contributed by atoms with Crippen molar-refractivity contribution in [1.82, 2.24) is 14.8 Å². The molecule has 5 rings (SSSR count). The summed E-state index contributed by atoms with van der Waals surface area (Å²) in [5, 5.41) is 4.74. The van der Waals surface area contributed by atoms with E-state index in [1.54, 1.807) is 11.8 Å². The summed E-state index contributed by atoms with van der Waals surface area (Å²) in [5.41, 5.74) is 4.89. The highest BCUT2D eigenvalue weighted by molar-refractivity contribution is 8.08. The number of carbonyl (C=O) groups excluding carboxylic acids is 1. The van der Waals surface area contributed by atoms with Gasteiger partial charge in [0.1, 0.15) is 6.04 Å². The van der Waals surface area contributed by atoms with E-state index in [-0.39, 0.29) is 17.2 Å². The Kier molecular flexibility index (Phi) is 5.14. The molecule has 2 aromatic rings. The normalized spacial score (nSPS) is 24.8. The van der Waals surface area contributed by atoms with Crippen molar-refractivity contribution in [2.75, 3.05) is 24.6 Å². The highest BCUT2D eigenvalue weighted by Crippen LogP contribution is 2.33. The van der Waals surface area contributed by atoms with Crippen molar-refractivity contribution in [3.05, 3.63) is 35.0 Å². The van der Waals surface area contributed by atoms with Crippen LogP contribution < -0.4 is 5.32 Å². The number of aromatic nitrogens is 1. The topological polar surface area (TPSA) is 71.4 Å². The molecule has 2 unspecified atom stereocenters. The van der Waals surface area contributed by atoms with Crippen LogP contribution >= 0.6 is 11.8 Å². The average molecular weight is 448 g/mol. The summed E-state index contributed by atoms with van der Waals surface area (Å²) >= 11 is 1.73. The minimum Gasteiger partial charge on any atom is -0.343 e. The molecule has 2 atom stereocenters. The molecule has 6 nitrogen and oxygen atoms in total. The van der Waals surface area contributed by atoms with Gasteiger partial charge in [0.25, 0.3) is 0 Å². The first-order chi connectivity index (χ1) is 14.3. The highest BCUT2D eigenvalue weighted by Gasteiger charge is 2.37. The molecule has 1 N–H and O–H groups in total. The number of aryl methyl sites for hydroxylation is 2. The zero-order chi connectivity index (χ0) is 21.0. The average Bonchev–Trinajstić information content (AvgIpc) is 3.50. The number of hydrogen-bond acceptors (Lipinski definition) is 5. The molecule has 0 bridgehead atoms. The summed E-state index contributed by atoms with van der Waals surface area (Å²) in [5.74, 6) is 1.37. The summed E-state index contributed by atoms with van der Waals surface area (Å²) in [7, 11) is -3.04. The van der Waals surface area contributed by atoms with E-state index in [0.29, 0.717) is 50.0 Å². The second-order valence-electron chi connectivity index (χ2n) is 8.94. The number of nitrogens with one attached hydrogen (secondary N) is 1. The third-order valence-electron chi connectivity index (χ3n) is 6.85. The molecule has 2 fully saturated rings. The fourth-order valence-electron chi connectivity index (χ4n) is 4.96. The van der Waals surface area contributed by atoms with Gasteiger partial charge in [0.15, 0.2) is 9.84 Å². The van der Waals surface area contributed by atoms with E-state index >= 15 is 0 Å². The smallest absolute Gasteiger partial charge is 0.241 e. The SMILES string of the molecule is Cc1ccc2c3c1cc(C)n3CC(C(=O)N1CCC(S(=O)(=O)CC3CS3)CC1)NC2. The van der Waals surface area contributed by atoms with Crippen LogP contribution in [0, 0.1) is 13.8 Å². The molecule has 0 radical (unpaired) electrons. The van der Waals surface area contributed by atoms with Gasteiger partial charge in [0, 0.05) is 48.3 Å². The Morgan fingerprint density at radius 3 is 2.67 bits per heavy atom. The van der Waals surface area contributed by atoms with Crippen molar-refractivity contribution >= 4 is 38.4 Å². The first kappa shape index (κ1) is 20.4. The first-order valence-corrected chi connectivity index (χ1v) is 13.5. The van der Waals surface area contributed by atoms with Crippen molar-refractivity contribution in [1.29, 1.82) is 0 Å². The number of sulfone groups is 1. The molecular formula is C22H29N3O3S2. The fraction of sp³-hybridized carbons (Fsp3) is 0.591. The Labute approximate surface area is 182 Å². The molecule has 0 spiro atoms. The van der Waals surface area contributed by atoms with E-state index in [0.717, 1.165) is 5.75 Å². The van der Waals surface area contributed by atoms with Crippen molar-refractivity contribution in [3.8, 4) is 0 Å². The summed E-state index contributed by atoms with van der Waals surface area (Å²) in [6, 6.07) is 6.23. The van der Waals surface area contributed by atoms with Gasteiger partial charge in [-0.3, -0.25) is 4.79 Å². The van der Waals surface area contributed by atoms with Crippen LogP contribution in [0.2, 0.25) is 0 Å². The predicted octanol–water partition coefficient (Wildman–Crippen LogP) is 2.25. The van der Waals surface area contributed by atoms with Crippen LogP contribution in [0.5, 0.6) is 0 Å². The zero-order valence-corrected chi connectivity index (χ0v) is 19.2. The number of rotatable bonds is 4. The summed E-state index contributed by atoms with van der Waals surface area (Å²) < 4.78 is 27.5. The lowest BCUT2D eigenvalue weighted by atomic mass is 10.1. The van der Waals surface area contributed by atoms with Gasteiger partial charge in [0.2, 0.25) is 5.91 Å². The molecule has 3 aliphatic rings. The molecule has 1 amide bonds. The molecule has 1 aromatic heterocycles. The largest absolute Gasteiger partial charge is 0.343 e. The molecule has 162 valence electrons. The van der Waals surface area contributed by atoms with Crippen molar-refractivity contribution < 1.29 is 13.2 Å². The van der Waals surface area contributed by atoms with E-state index in [9.17, 15) is 13.2 Å². The maximum absolute atomic E-state index is 13.3. The van der Waals surface area contributed by atoms with E-state index in [4.69, 9.17) is 0 Å². The van der Waals surface area contributed by atoms with Gasteiger partial charge in [-0.2, -0.15) is 11.8 Å². The Bertz CT molecular complexity index is 1100. The number of nitrogens with zero attached hydrogens (tertiary/aromatic N) is 2. The third kappa shape index (κ3) is 3.67. The summed E-state index contributed by atoms with van der Waals surface area (Å²) in [6.07, 6.45) is 1.12. The molecule has 2 saturated heterocycles. The van der Waals surface area contributed by atoms with Crippen molar-refractivity contribution in [2.24, 2.45) is 0 Å². The van der Waals surface area contributed by atoms with Gasteiger partial charge in [-0.05, 0) is 43.9 Å². The number of piperidine rings is 1. The molecule has 8 heteroatoms. The highest BCUT2D eigenvalue weighted by atomic mass is 32.2. The molecular weight excluding hydrogens is 418 g/mol. The Hall–Kier alpha value is -1.51. The maximum atomic E-state index is 13.3. The molecule has 0 saturated carbocycles. The number of benzene rings is 1. The maximum Gasteiger partial charge on any atom is 0.241 e. The first-order valence-electron chi connectivity index (χ1n) is 10.8. The summed E-state index contributed by atoms with van der Waals surface area (Å²) in [4.78, 5) is 15.2. The standard InChI is InChI=1S/C22H29N3O3S2/c1-14-3-4-16-10-23-20(11-25-15(2)9-19(14)21(16)25)22(26)24-7-5-18(6-8-24)30(27,28)13-17-12-29-17/h3-4,9,17-18,20,23H,5-8,10-13H2,1-2H3. The fourth-order valence-corrected chi connectivity index (χ4v) is 8.15. The van der Waals surface area contributed by atoms with Gasteiger partial charge < -0.3 is 14.8 Å². The second-order valence-corrected chi connectivity index (χ2v) is 12.6. The third-order valence-corrected chi connectivity index (χ3v) is 10.4. The van der Waals surface area contributed by atoms with Crippen molar-refractivity contribution in [3.63, 3.8) is 0 Å². The molecule has 30 heavy (non-hydrogen) atoms. The van der Waals surface area contributed by atoms with Crippen LogP contribution in [0.15, 0.2) is 18.2 Å². The molecule has 3 aliphatic heterocycles. The molecule has 1 aromatic carbocycles. The van der Waals surface area contributed by atoms with Gasteiger partial charge in [-0.25, -0.2) is 8.42 Å². The number of likely N-dealkylation sites (tertiary alicyclic amines) is 1. The van der Waals surface area contributed by atoms with Crippen LogP contribution in [0.4, 0.5) is 0 Å². The summed E-state index contributed by atoms with van der Waals surface area (Å²) in [6.45, 7) is 6.58. The number of amides is 1. The molecule has 0 aliphatic carbocycles. The van der Waals surface area contributed by atoms with E-state index in [2.05, 4.69) is 41.9 Å². The molecule has 4 heterocycles. The lowest BCUT2D eigenvalue weighted by Gasteiger charge is -2.34. The van der Waals surface area contributed by atoms with Gasteiger partial charge in [-0.15, -0.1) is 0 Å². The van der Waals surface area contributed by atoms with E-state index in [1.807, 2.05) is 4.90 Å². The minimum absolute atomic E-state index is 0.0920. The quantitative estimate of drug-likeness (QED) is 0.728. The van der Waals surface area contributed by atoms with Crippen LogP contribution in [0.1, 0.15) is 29.7 Å². The van der Waals surface area contributed by atoms with Crippen LogP contribution in [-0.2, 0) is 27.7 Å². The van der Waals surface area contributed by atoms with Crippen LogP contribution in [0.3, 0.4) is 0 Å². The lowest BCUT2D eigenvalue weighted by molar-refractivity contribution is -0.134. The number of carbonyl (C=O) groups is 1. The zero-order valence-electron chi connectivity index (χ0n) is 17.6. The number of thioether (sulfide) groups is 1. The van der Waals surface area contributed by atoms with E-state index < -0.39 is 9.84 Å². The van der Waals surface area contributed by atoms with Crippen LogP contribution in [0.25, 0.3) is 10.9 Å². The second kappa shape index (κ2) is 7.57. The van der Waals surface area contributed by atoms with E-state index in [1.165, 1.54) is 27.7 Å². The Balaban J connectivity index is 1.29. The predicted molar refractivity (Wildman–Crippen MR) is 122 cm³/mol. The van der Waals surface area contributed by atoms with Gasteiger partial charge in [0.05, 0.1) is 16.5 Å². The monoisotopic (exact) mass is 447 g/mol. The van der Waals surface area contributed by atoms with Crippen molar-refractivity contribution in [2.45, 2.75) is 56.3 Å². The van der Waals surface area contributed by atoms with Gasteiger partial charge in [-0.1, -0.05) is 12.1 Å². The van der Waals surface area contributed by atoms with Crippen LogP contribution in [-0.4, -0.2) is 64.9 Å². The Morgan fingerprint density at radius 2 is 1.97 bits per heavy atom. The van der Waals surface area contributed by atoms with Gasteiger partial charge >= 0.3 is 0 Å². The number of hydrogen-bond donors (Lipinski definition) is 1. The Morgan fingerprint density at radius 1 is 1.23 bits per heavy atom.